The number of nitrogens with zero attached hydrogens (tertiary/aromatic N) is 6. The van der Waals surface area contributed by atoms with Gasteiger partial charge in [-0.3, -0.25) is 14.2 Å². The third-order valence-corrected chi connectivity index (χ3v) is 8.08. The molecule has 0 saturated carbocycles. The predicted molar refractivity (Wildman–Crippen MR) is 139 cm³/mol. The fourth-order valence-corrected chi connectivity index (χ4v) is 6.15. The topological polar surface area (TPSA) is 68.4 Å². The van der Waals surface area contributed by atoms with E-state index < -0.39 is 0 Å². The van der Waals surface area contributed by atoms with E-state index in [4.69, 9.17) is 9.84 Å². The summed E-state index contributed by atoms with van der Waals surface area (Å²) in [5.41, 5.74) is 8.83. The molecule has 6 rings (SSSR count). The van der Waals surface area contributed by atoms with Gasteiger partial charge in [0.1, 0.15) is 0 Å². The third-order valence-electron chi connectivity index (χ3n) is 8.08. The van der Waals surface area contributed by atoms with Crippen molar-refractivity contribution in [3.05, 3.63) is 53.0 Å². The molecule has 1 fully saturated rings. The third kappa shape index (κ3) is 4.21. The molecule has 8 heteroatoms. The Balaban J connectivity index is 1.41. The van der Waals surface area contributed by atoms with Gasteiger partial charge >= 0.3 is 0 Å². The Morgan fingerprint density at radius 2 is 1.97 bits per heavy atom. The van der Waals surface area contributed by atoms with Gasteiger partial charge in [-0.2, -0.15) is 10.2 Å². The summed E-state index contributed by atoms with van der Waals surface area (Å²) in [6, 6.07) is 7.06. The van der Waals surface area contributed by atoms with E-state index >= 15 is 0 Å². The van der Waals surface area contributed by atoms with E-state index in [2.05, 4.69) is 39.1 Å². The molecule has 1 aromatic carbocycles. The molecule has 190 valence electrons. The quantitative estimate of drug-likeness (QED) is 0.558. The molecule has 1 saturated heterocycles. The molecule has 0 unspecified atom stereocenters. The highest BCUT2D eigenvalue weighted by Gasteiger charge is 2.32. The van der Waals surface area contributed by atoms with Crippen LogP contribution in [0.2, 0.25) is 0 Å². The second kappa shape index (κ2) is 9.73. The van der Waals surface area contributed by atoms with Crippen molar-refractivity contribution in [2.75, 3.05) is 31.2 Å². The minimum absolute atomic E-state index is 0.226. The molecule has 0 N–H and O–H groups in total. The minimum Gasteiger partial charge on any atom is -0.381 e. The second-order valence-corrected chi connectivity index (χ2v) is 10.3. The molecule has 0 radical (unpaired) electrons. The zero-order chi connectivity index (χ0) is 24.6. The molecule has 3 aliphatic rings. The number of benzene rings is 1. The maximum atomic E-state index is 12.7. The van der Waals surface area contributed by atoms with Gasteiger partial charge in [-0.25, -0.2) is 0 Å². The lowest BCUT2D eigenvalue weighted by Gasteiger charge is -2.30. The fraction of sp³-hybridized carbons (Fsp3) is 0.536. The van der Waals surface area contributed by atoms with Gasteiger partial charge in [-0.1, -0.05) is 25.1 Å². The predicted octanol–water partition coefficient (Wildman–Crippen LogP) is 3.88. The van der Waals surface area contributed by atoms with Crippen molar-refractivity contribution in [3.63, 3.8) is 0 Å². The summed E-state index contributed by atoms with van der Waals surface area (Å²) in [4.78, 5) is 17.1. The van der Waals surface area contributed by atoms with E-state index in [1.54, 1.807) is 0 Å². The van der Waals surface area contributed by atoms with Gasteiger partial charge in [-0.05, 0) is 36.8 Å². The number of carbonyl (C=O) groups excluding carboxylic acids is 1. The summed E-state index contributed by atoms with van der Waals surface area (Å²) >= 11 is 0. The van der Waals surface area contributed by atoms with Crippen molar-refractivity contribution in [2.45, 2.75) is 64.6 Å². The number of amides is 1. The Morgan fingerprint density at radius 3 is 2.75 bits per heavy atom. The molecule has 36 heavy (non-hydrogen) atoms. The van der Waals surface area contributed by atoms with Gasteiger partial charge in [0.25, 0.3) is 0 Å². The van der Waals surface area contributed by atoms with Crippen LogP contribution in [0.1, 0.15) is 61.0 Å². The minimum atomic E-state index is 0.226. The Morgan fingerprint density at radius 1 is 1.11 bits per heavy atom. The van der Waals surface area contributed by atoms with Crippen molar-refractivity contribution in [1.82, 2.24) is 24.5 Å². The number of hydrogen-bond donors (Lipinski definition) is 0. The smallest absolute Gasteiger partial charge is 0.222 e. The van der Waals surface area contributed by atoms with Gasteiger partial charge in [0.2, 0.25) is 5.91 Å². The highest BCUT2D eigenvalue weighted by molar-refractivity contribution is 5.77. The monoisotopic (exact) mass is 488 g/mol. The number of hydrogen-bond acceptors (Lipinski definition) is 5. The van der Waals surface area contributed by atoms with E-state index in [0.717, 1.165) is 70.6 Å². The lowest BCUT2D eigenvalue weighted by atomic mass is 9.92. The molecular formula is C28H36N6O2. The summed E-state index contributed by atoms with van der Waals surface area (Å²) in [6.45, 7) is 6.85. The maximum absolute atomic E-state index is 12.7. The Labute approximate surface area is 212 Å². The van der Waals surface area contributed by atoms with Crippen molar-refractivity contribution in [1.29, 1.82) is 0 Å². The van der Waals surface area contributed by atoms with Crippen molar-refractivity contribution in [2.24, 2.45) is 7.05 Å². The summed E-state index contributed by atoms with van der Waals surface area (Å²) in [5, 5.41) is 9.71. The standard InChI is InChI=1S/C28H36N6O2/c1-3-27(35)33-13-9-26-25(19-33)28(30-34(26)21-10-14-36-15-11-21)24-7-4-6-20-17-32(12-5-8-23(20)24)22-16-29-31(2)18-22/h4,6-7,16,18,21H,3,5,8-15,17,19H2,1-2H3. The average Bonchev–Trinajstić information content (AvgIpc) is 3.44. The SMILES string of the molecule is CCC(=O)N1CCc2c(c(-c3cccc4c3CCCN(c3cnn(C)c3)C4)nn2C2CCOCC2)C1. The Bertz CT molecular complexity index is 1250. The van der Waals surface area contributed by atoms with Crippen molar-refractivity contribution in [3.8, 4) is 11.3 Å². The molecular weight excluding hydrogens is 452 g/mol. The van der Waals surface area contributed by atoms with Crippen LogP contribution in [0, 0.1) is 0 Å². The number of rotatable bonds is 4. The summed E-state index contributed by atoms with van der Waals surface area (Å²) < 4.78 is 9.83. The molecule has 8 nitrogen and oxygen atoms in total. The van der Waals surface area contributed by atoms with Crippen LogP contribution in [-0.2, 0) is 42.5 Å². The summed E-state index contributed by atoms with van der Waals surface area (Å²) in [7, 11) is 1.97. The highest BCUT2D eigenvalue weighted by atomic mass is 16.5. The molecule has 3 aromatic rings. The van der Waals surface area contributed by atoms with Crippen LogP contribution in [0.15, 0.2) is 30.6 Å². The Kier molecular flexibility index (Phi) is 6.29. The number of aromatic nitrogens is 4. The first kappa shape index (κ1) is 23.3. The van der Waals surface area contributed by atoms with E-state index in [9.17, 15) is 4.79 Å². The number of ether oxygens (including phenoxy) is 1. The van der Waals surface area contributed by atoms with Gasteiger partial charge < -0.3 is 14.5 Å². The summed E-state index contributed by atoms with van der Waals surface area (Å²) in [6.07, 6.45) is 9.58. The van der Waals surface area contributed by atoms with Gasteiger partial charge in [0.05, 0.1) is 23.6 Å². The first-order valence-corrected chi connectivity index (χ1v) is 13.4. The normalized spacial score (nSPS) is 18.6. The van der Waals surface area contributed by atoms with Gasteiger partial charge in [0.15, 0.2) is 0 Å². The maximum Gasteiger partial charge on any atom is 0.222 e. The lowest BCUT2D eigenvalue weighted by molar-refractivity contribution is -0.131. The van der Waals surface area contributed by atoms with Crippen LogP contribution in [0.4, 0.5) is 5.69 Å². The van der Waals surface area contributed by atoms with Crippen molar-refractivity contribution < 1.29 is 9.53 Å². The van der Waals surface area contributed by atoms with E-state index in [1.807, 2.05) is 29.7 Å². The molecule has 0 spiro atoms. The molecule has 5 heterocycles. The van der Waals surface area contributed by atoms with Crippen LogP contribution in [0.3, 0.4) is 0 Å². The fourth-order valence-electron chi connectivity index (χ4n) is 6.15. The van der Waals surface area contributed by atoms with Crippen LogP contribution in [0.25, 0.3) is 11.3 Å². The zero-order valence-electron chi connectivity index (χ0n) is 21.4. The van der Waals surface area contributed by atoms with Crippen LogP contribution in [-0.4, -0.2) is 56.7 Å². The van der Waals surface area contributed by atoms with Crippen LogP contribution in [0.5, 0.6) is 0 Å². The molecule has 0 bridgehead atoms. The largest absolute Gasteiger partial charge is 0.381 e. The molecule has 0 atom stereocenters. The van der Waals surface area contributed by atoms with E-state index in [1.165, 1.54) is 33.6 Å². The number of fused-ring (bicyclic) bond motifs is 2. The van der Waals surface area contributed by atoms with Crippen LogP contribution < -0.4 is 4.90 Å². The van der Waals surface area contributed by atoms with Gasteiger partial charge in [0, 0.05) is 82.3 Å². The first-order chi connectivity index (χ1) is 17.6. The van der Waals surface area contributed by atoms with Crippen molar-refractivity contribution >= 4 is 11.6 Å². The lowest BCUT2D eigenvalue weighted by Crippen LogP contribution is -2.36. The number of aryl methyl sites for hydroxylation is 1. The molecule has 1 amide bonds. The second-order valence-electron chi connectivity index (χ2n) is 10.3. The van der Waals surface area contributed by atoms with E-state index in [0.29, 0.717) is 19.0 Å². The van der Waals surface area contributed by atoms with E-state index in [-0.39, 0.29) is 5.91 Å². The highest BCUT2D eigenvalue weighted by Crippen LogP contribution is 2.38. The van der Waals surface area contributed by atoms with Gasteiger partial charge in [-0.15, -0.1) is 0 Å². The average molecular weight is 489 g/mol. The molecule has 2 aromatic heterocycles. The molecule has 0 aliphatic carbocycles. The number of anilines is 1. The number of carbonyl (C=O) groups is 1. The summed E-state index contributed by atoms with van der Waals surface area (Å²) in [5.74, 6) is 0.226. The zero-order valence-corrected chi connectivity index (χ0v) is 21.4. The first-order valence-electron chi connectivity index (χ1n) is 13.4. The Hall–Kier alpha value is -3.13. The molecule has 3 aliphatic heterocycles. The van der Waals surface area contributed by atoms with Crippen LogP contribution >= 0.6 is 0 Å².